The summed E-state index contributed by atoms with van der Waals surface area (Å²) in [5.74, 6) is 1.58. The number of phenolic OH excluding ortho intramolecular Hbond substituents is 1. The molecule has 0 saturated heterocycles. The van der Waals surface area contributed by atoms with Crippen molar-refractivity contribution in [1.29, 1.82) is 0 Å². The van der Waals surface area contributed by atoms with Gasteiger partial charge in [0.05, 0.1) is 20.3 Å². The van der Waals surface area contributed by atoms with Crippen molar-refractivity contribution in [3.8, 4) is 28.5 Å². The number of rotatable bonds is 7. The minimum Gasteiger partial charge on any atom is -0.507 e. The van der Waals surface area contributed by atoms with E-state index in [2.05, 4.69) is 10.2 Å². The Morgan fingerprint density at radius 3 is 2.22 bits per heavy atom. The SMILES string of the molecule is COc1ccc(CCN2C(=O)c3[nH]nc(-c4c(C)cc(C)cc4O)c3C2c2ccc(OC)cc2)cc1. The molecule has 7 heteroatoms. The van der Waals surface area contributed by atoms with Gasteiger partial charge in [-0.3, -0.25) is 9.89 Å². The summed E-state index contributed by atoms with van der Waals surface area (Å²) in [4.78, 5) is 15.5. The van der Waals surface area contributed by atoms with Crippen LogP contribution in [0.25, 0.3) is 11.3 Å². The zero-order valence-electron chi connectivity index (χ0n) is 20.8. The first-order chi connectivity index (χ1) is 17.4. The summed E-state index contributed by atoms with van der Waals surface area (Å²) < 4.78 is 10.6. The van der Waals surface area contributed by atoms with Gasteiger partial charge in [-0.15, -0.1) is 0 Å². The molecular weight excluding hydrogens is 454 g/mol. The summed E-state index contributed by atoms with van der Waals surface area (Å²) in [6.07, 6.45) is 0.685. The fourth-order valence-electron chi connectivity index (χ4n) is 5.05. The van der Waals surface area contributed by atoms with Crippen LogP contribution in [0, 0.1) is 13.8 Å². The van der Waals surface area contributed by atoms with E-state index >= 15 is 0 Å². The van der Waals surface area contributed by atoms with E-state index in [4.69, 9.17) is 9.47 Å². The van der Waals surface area contributed by atoms with Gasteiger partial charge < -0.3 is 19.5 Å². The van der Waals surface area contributed by atoms with Crippen LogP contribution in [0.4, 0.5) is 0 Å². The maximum atomic E-state index is 13.6. The molecule has 2 N–H and O–H groups in total. The number of nitrogens with one attached hydrogen (secondary N) is 1. The van der Waals surface area contributed by atoms with E-state index in [1.807, 2.05) is 73.3 Å². The van der Waals surface area contributed by atoms with Crippen LogP contribution in [0.15, 0.2) is 60.7 Å². The van der Waals surface area contributed by atoms with Crippen LogP contribution in [-0.2, 0) is 6.42 Å². The van der Waals surface area contributed by atoms with Crippen LogP contribution in [0.1, 0.15) is 44.3 Å². The molecule has 7 nitrogen and oxygen atoms in total. The number of phenols is 1. The molecule has 2 heterocycles. The average Bonchev–Trinajstić information content (AvgIpc) is 3.41. The summed E-state index contributed by atoms with van der Waals surface area (Å²) in [7, 11) is 3.27. The van der Waals surface area contributed by atoms with Gasteiger partial charge >= 0.3 is 0 Å². The molecule has 184 valence electrons. The number of fused-ring (bicyclic) bond motifs is 1. The third kappa shape index (κ3) is 4.06. The molecule has 0 saturated carbocycles. The zero-order chi connectivity index (χ0) is 25.4. The number of nitrogens with zero attached hydrogens (tertiary/aromatic N) is 2. The van der Waals surface area contributed by atoms with Gasteiger partial charge in [-0.2, -0.15) is 5.10 Å². The van der Waals surface area contributed by atoms with E-state index in [9.17, 15) is 9.90 Å². The first-order valence-electron chi connectivity index (χ1n) is 11.9. The second-order valence-corrected chi connectivity index (χ2v) is 9.11. The van der Waals surface area contributed by atoms with Crippen LogP contribution >= 0.6 is 0 Å². The Balaban J connectivity index is 1.58. The van der Waals surface area contributed by atoms with Crippen molar-refractivity contribution in [2.45, 2.75) is 26.3 Å². The maximum Gasteiger partial charge on any atom is 0.273 e. The van der Waals surface area contributed by atoms with Crippen LogP contribution < -0.4 is 9.47 Å². The summed E-state index contributed by atoms with van der Waals surface area (Å²) in [5.41, 5.74) is 6.40. The fraction of sp³-hybridized carbons (Fsp3) is 0.241. The lowest BCUT2D eigenvalue weighted by Gasteiger charge is -2.27. The molecule has 1 aromatic heterocycles. The van der Waals surface area contributed by atoms with Gasteiger partial charge in [0.1, 0.15) is 28.6 Å². The second kappa shape index (κ2) is 9.41. The topological polar surface area (TPSA) is 87.7 Å². The number of benzene rings is 3. The summed E-state index contributed by atoms with van der Waals surface area (Å²) in [5, 5.41) is 18.3. The first-order valence-corrected chi connectivity index (χ1v) is 11.9. The highest BCUT2D eigenvalue weighted by atomic mass is 16.5. The summed E-state index contributed by atoms with van der Waals surface area (Å²) >= 11 is 0. The normalized spacial score (nSPS) is 14.7. The molecule has 1 aliphatic rings. The number of ether oxygens (including phenoxy) is 2. The smallest absolute Gasteiger partial charge is 0.273 e. The number of aromatic amines is 1. The van der Waals surface area contributed by atoms with Gasteiger partial charge in [0.15, 0.2) is 0 Å². The number of methoxy groups -OCH3 is 2. The van der Waals surface area contributed by atoms with E-state index in [0.29, 0.717) is 29.9 Å². The van der Waals surface area contributed by atoms with Crippen molar-refractivity contribution in [2.75, 3.05) is 20.8 Å². The van der Waals surface area contributed by atoms with Gasteiger partial charge in [-0.05, 0) is 72.9 Å². The number of carbonyl (C=O) groups is 1. The number of H-pyrrole nitrogens is 1. The molecule has 0 bridgehead atoms. The van der Waals surface area contributed by atoms with Crippen molar-refractivity contribution >= 4 is 5.91 Å². The van der Waals surface area contributed by atoms with Crippen molar-refractivity contribution in [3.05, 3.63) is 94.2 Å². The van der Waals surface area contributed by atoms with Crippen LogP contribution in [0.2, 0.25) is 0 Å². The third-order valence-electron chi connectivity index (χ3n) is 6.79. The fourth-order valence-corrected chi connectivity index (χ4v) is 5.05. The molecular formula is C29H29N3O4. The highest BCUT2D eigenvalue weighted by Gasteiger charge is 2.42. The van der Waals surface area contributed by atoms with E-state index in [1.165, 1.54) is 0 Å². The first kappa shape index (κ1) is 23.5. The maximum absolute atomic E-state index is 13.6. The molecule has 1 unspecified atom stereocenters. The number of aromatic nitrogens is 2. The predicted molar refractivity (Wildman–Crippen MR) is 138 cm³/mol. The Kier molecular flexibility index (Phi) is 6.14. The van der Waals surface area contributed by atoms with E-state index < -0.39 is 0 Å². The molecule has 0 radical (unpaired) electrons. The molecule has 5 rings (SSSR count). The van der Waals surface area contributed by atoms with Gasteiger partial charge in [0, 0.05) is 17.7 Å². The average molecular weight is 484 g/mol. The van der Waals surface area contributed by atoms with Crippen LogP contribution in [0.3, 0.4) is 0 Å². The quantitative estimate of drug-likeness (QED) is 0.377. The summed E-state index contributed by atoms with van der Waals surface area (Å²) in [6, 6.07) is 19.0. The minimum absolute atomic E-state index is 0.109. The third-order valence-corrected chi connectivity index (χ3v) is 6.79. The summed E-state index contributed by atoms with van der Waals surface area (Å²) in [6.45, 7) is 4.41. The standard InChI is InChI=1S/C29H29N3O4/c1-17-15-18(2)24(23(33)16-17)26-25-27(31-30-26)29(34)32(14-13-19-5-9-21(35-3)10-6-19)28(25)20-7-11-22(36-4)12-8-20/h5-12,15-16,28,33H,13-14H2,1-4H3,(H,30,31). The number of hydrogen-bond donors (Lipinski definition) is 2. The van der Waals surface area contributed by atoms with E-state index in [0.717, 1.165) is 39.3 Å². The van der Waals surface area contributed by atoms with Crippen molar-refractivity contribution in [2.24, 2.45) is 0 Å². The highest BCUT2D eigenvalue weighted by molar-refractivity contribution is 6.00. The van der Waals surface area contributed by atoms with Gasteiger partial charge in [-0.25, -0.2) is 0 Å². The molecule has 0 aliphatic carbocycles. The lowest BCUT2D eigenvalue weighted by molar-refractivity contribution is 0.0746. The zero-order valence-corrected chi connectivity index (χ0v) is 20.8. The van der Waals surface area contributed by atoms with E-state index in [1.54, 1.807) is 20.3 Å². The number of amides is 1. The number of aromatic hydroxyl groups is 1. The minimum atomic E-state index is -0.356. The molecule has 0 fully saturated rings. The Hall–Kier alpha value is -4.26. The lowest BCUT2D eigenvalue weighted by Crippen LogP contribution is -2.31. The molecule has 36 heavy (non-hydrogen) atoms. The van der Waals surface area contributed by atoms with Crippen LogP contribution in [-0.4, -0.2) is 46.9 Å². The monoisotopic (exact) mass is 483 g/mol. The lowest BCUT2D eigenvalue weighted by atomic mass is 9.93. The Morgan fingerprint density at radius 2 is 1.61 bits per heavy atom. The van der Waals surface area contributed by atoms with Gasteiger partial charge in [0.2, 0.25) is 0 Å². The van der Waals surface area contributed by atoms with Crippen LogP contribution in [0.5, 0.6) is 17.2 Å². The highest BCUT2D eigenvalue weighted by Crippen LogP contribution is 2.45. The Morgan fingerprint density at radius 1 is 0.972 bits per heavy atom. The number of hydrogen-bond acceptors (Lipinski definition) is 5. The molecule has 1 atom stereocenters. The van der Waals surface area contributed by atoms with Crippen molar-refractivity contribution in [1.82, 2.24) is 15.1 Å². The Bertz CT molecular complexity index is 1380. The Labute approximate surface area is 210 Å². The largest absolute Gasteiger partial charge is 0.507 e. The number of carbonyl (C=O) groups excluding carboxylic acids is 1. The molecule has 1 amide bonds. The van der Waals surface area contributed by atoms with Crippen molar-refractivity contribution in [3.63, 3.8) is 0 Å². The molecule has 0 spiro atoms. The van der Waals surface area contributed by atoms with E-state index in [-0.39, 0.29) is 17.7 Å². The van der Waals surface area contributed by atoms with Crippen molar-refractivity contribution < 1.29 is 19.4 Å². The second-order valence-electron chi connectivity index (χ2n) is 9.11. The predicted octanol–water partition coefficient (Wildman–Crippen LogP) is 5.20. The molecule has 4 aromatic rings. The van der Waals surface area contributed by atoms with Gasteiger partial charge in [0.25, 0.3) is 5.91 Å². The van der Waals surface area contributed by atoms with Gasteiger partial charge in [-0.1, -0.05) is 30.3 Å². The molecule has 3 aromatic carbocycles. The molecule has 1 aliphatic heterocycles. The number of aryl methyl sites for hydroxylation is 2.